The van der Waals surface area contributed by atoms with Crippen LogP contribution in [0.2, 0.25) is 0 Å². The van der Waals surface area contributed by atoms with Crippen LogP contribution >= 0.6 is 0 Å². The Morgan fingerprint density at radius 3 is 2.44 bits per heavy atom. The van der Waals surface area contributed by atoms with Gasteiger partial charge in [-0.05, 0) is 27.2 Å². The van der Waals surface area contributed by atoms with Gasteiger partial charge in [-0.2, -0.15) is 4.98 Å². The summed E-state index contributed by atoms with van der Waals surface area (Å²) in [6.45, 7) is 7.81. The van der Waals surface area contributed by atoms with E-state index in [9.17, 15) is 0 Å². The number of ether oxygens (including phenoxy) is 1. The third kappa shape index (κ3) is 3.02. The Balaban J connectivity index is 2.86. The predicted molar refractivity (Wildman–Crippen MR) is 60.9 cm³/mol. The van der Waals surface area contributed by atoms with Crippen LogP contribution in [-0.2, 0) is 16.8 Å². The highest BCUT2D eigenvalue weighted by Crippen LogP contribution is 2.25. The number of rotatable bonds is 5. The van der Waals surface area contributed by atoms with E-state index in [1.165, 1.54) is 0 Å². The van der Waals surface area contributed by atoms with E-state index >= 15 is 0 Å². The first-order valence-electron chi connectivity index (χ1n) is 5.48. The Morgan fingerprint density at radius 2 is 2.00 bits per heavy atom. The molecule has 1 atom stereocenters. The van der Waals surface area contributed by atoms with E-state index in [0.29, 0.717) is 18.1 Å². The van der Waals surface area contributed by atoms with E-state index < -0.39 is 5.60 Å². The second-order valence-electron chi connectivity index (χ2n) is 4.97. The monoisotopic (exact) mass is 227 g/mol. The molecule has 5 nitrogen and oxygen atoms in total. The summed E-state index contributed by atoms with van der Waals surface area (Å²) in [5.74, 6) is 1.14. The molecule has 92 valence electrons. The van der Waals surface area contributed by atoms with Crippen LogP contribution in [0.15, 0.2) is 4.52 Å². The van der Waals surface area contributed by atoms with Crippen LogP contribution in [-0.4, -0.2) is 22.8 Å². The lowest BCUT2D eigenvalue weighted by molar-refractivity contribution is -0.0106. The van der Waals surface area contributed by atoms with Gasteiger partial charge in [-0.15, -0.1) is 0 Å². The molecule has 0 saturated carbocycles. The summed E-state index contributed by atoms with van der Waals surface area (Å²) in [5, 5.41) is 3.95. The largest absolute Gasteiger partial charge is 0.370 e. The van der Waals surface area contributed by atoms with Crippen LogP contribution < -0.4 is 5.73 Å². The zero-order chi connectivity index (χ0) is 12.4. The molecule has 16 heavy (non-hydrogen) atoms. The molecular weight excluding hydrogens is 206 g/mol. The Kier molecular flexibility index (Phi) is 3.70. The molecule has 1 unspecified atom stereocenters. The minimum absolute atomic E-state index is 0.348. The van der Waals surface area contributed by atoms with E-state index in [1.807, 2.05) is 27.7 Å². The minimum atomic E-state index is -0.486. The maximum absolute atomic E-state index is 5.89. The van der Waals surface area contributed by atoms with Crippen LogP contribution in [0.25, 0.3) is 0 Å². The normalized spacial score (nSPS) is 16.1. The molecule has 5 heteroatoms. The molecule has 1 rings (SSSR count). The highest BCUT2D eigenvalue weighted by Gasteiger charge is 2.30. The minimum Gasteiger partial charge on any atom is -0.370 e. The van der Waals surface area contributed by atoms with Crippen molar-refractivity contribution in [1.82, 2.24) is 10.1 Å². The van der Waals surface area contributed by atoms with Gasteiger partial charge in [-0.25, -0.2) is 0 Å². The number of nitrogens with two attached hydrogens (primary N) is 1. The second kappa shape index (κ2) is 4.51. The summed E-state index contributed by atoms with van der Waals surface area (Å²) >= 11 is 0. The summed E-state index contributed by atoms with van der Waals surface area (Å²) in [6, 6.07) is 0. The number of aromatic nitrogens is 2. The SMILES string of the molecule is CCC(C)(OC)c1noc(CC(C)(C)N)n1. The summed E-state index contributed by atoms with van der Waals surface area (Å²) < 4.78 is 10.6. The van der Waals surface area contributed by atoms with Crippen molar-refractivity contribution in [3.8, 4) is 0 Å². The van der Waals surface area contributed by atoms with E-state index in [4.69, 9.17) is 15.0 Å². The van der Waals surface area contributed by atoms with Crippen LogP contribution in [0.3, 0.4) is 0 Å². The Hall–Kier alpha value is -0.940. The van der Waals surface area contributed by atoms with Crippen molar-refractivity contribution in [3.05, 3.63) is 11.7 Å². The molecule has 1 heterocycles. The summed E-state index contributed by atoms with van der Waals surface area (Å²) in [7, 11) is 1.65. The molecule has 0 radical (unpaired) electrons. The first kappa shape index (κ1) is 13.1. The van der Waals surface area contributed by atoms with Crippen molar-refractivity contribution in [3.63, 3.8) is 0 Å². The molecular formula is C11H21N3O2. The predicted octanol–water partition coefficient (Wildman–Crippen LogP) is 1.62. The third-order valence-electron chi connectivity index (χ3n) is 2.67. The van der Waals surface area contributed by atoms with Gasteiger partial charge < -0.3 is 15.0 Å². The first-order valence-corrected chi connectivity index (χ1v) is 5.48. The molecule has 0 aromatic carbocycles. The summed E-state index contributed by atoms with van der Waals surface area (Å²) in [6.07, 6.45) is 1.35. The van der Waals surface area contributed by atoms with Gasteiger partial charge in [0.15, 0.2) is 0 Å². The van der Waals surface area contributed by atoms with E-state index in [1.54, 1.807) is 7.11 Å². The van der Waals surface area contributed by atoms with Gasteiger partial charge >= 0.3 is 0 Å². The van der Waals surface area contributed by atoms with Gasteiger partial charge in [0, 0.05) is 19.1 Å². The van der Waals surface area contributed by atoms with Crippen molar-refractivity contribution in [2.45, 2.75) is 51.7 Å². The van der Waals surface area contributed by atoms with Crippen molar-refractivity contribution in [2.75, 3.05) is 7.11 Å². The molecule has 0 aliphatic heterocycles. The standard InChI is InChI=1S/C11H21N3O2/c1-6-11(4,15-5)9-13-8(16-14-9)7-10(2,3)12/h6-7,12H2,1-5H3. The maximum atomic E-state index is 5.89. The smallest absolute Gasteiger partial charge is 0.228 e. The van der Waals surface area contributed by atoms with Crippen molar-refractivity contribution >= 4 is 0 Å². The van der Waals surface area contributed by atoms with E-state index in [-0.39, 0.29) is 5.54 Å². The Morgan fingerprint density at radius 1 is 1.38 bits per heavy atom. The Bertz CT molecular complexity index is 337. The zero-order valence-electron chi connectivity index (χ0n) is 10.7. The highest BCUT2D eigenvalue weighted by atomic mass is 16.5. The number of methoxy groups -OCH3 is 1. The van der Waals surface area contributed by atoms with Crippen LogP contribution in [0.1, 0.15) is 45.8 Å². The van der Waals surface area contributed by atoms with Gasteiger partial charge in [-0.1, -0.05) is 12.1 Å². The molecule has 0 fully saturated rings. The van der Waals surface area contributed by atoms with E-state index in [0.717, 1.165) is 6.42 Å². The van der Waals surface area contributed by atoms with Crippen molar-refractivity contribution in [1.29, 1.82) is 0 Å². The quantitative estimate of drug-likeness (QED) is 0.827. The fourth-order valence-corrected chi connectivity index (χ4v) is 1.32. The topological polar surface area (TPSA) is 74.2 Å². The molecule has 0 spiro atoms. The van der Waals surface area contributed by atoms with Gasteiger partial charge in [-0.3, -0.25) is 0 Å². The molecule has 0 amide bonds. The van der Waals surface area contributed by atoms with Crippen molar-refractivity contribution in [2.24, 2.45) is 5.73 Å². The van der Waals surface area contributed by atoms with Crippen molar-refractivity contribution < 1.29 is 9.26 Å². The second-order valence-corrected chi connectivity index (χ2v) is 4.97. The first-order chi connectivity index (χ1) is 7.30. The molecule has 0 bridgehead atoms. The lowest BCUT2D eigenvalue weighted by atomic mass is 10.0. The summed E-state index contributed by atoms with van der Waals surface area (Å²) in [5.41, 5.74) is 5.06. The summed E-state index contributed by atoms with van der Waals surface area (Å²) in [4.78, 5) is 4.33. The lowest BCUT2D eigenvalue weighted by Gasteiger charge is -2.21. The number of hydrogen-bond acceptors (Lipinski definition) is 5. The average Bonchev–Trinajstić information content (AvgIpc) is 2.63. The molecule has 1 aromatic rings. The Labute approximate surface area is 96.4 Å². The molecule has 0 aliphatic rings. The van der Waals surface area contributed by atoms with E-state index in [2.05, 4.69) is 10.1 Å². The van der Waals surface area contributed by atoms with Gasteiger partial charge in [0.25, 0.3) is 0 Å². The van der Waals surface area contributed by atoms with Gasteiger partial charge in [0.2, 0.25) is 11.7 Å². The van der Waals surface area contributed by atoms with Crippen LogP contribution in [0.5, 0.6) is 0 Å². The fourth-order valence-electron chi connectivity index (χ4n) is 1.32. The zero-order valence-corrected chi connectivity index (χ0v) is 10.7. The lowest BCUT2D eigenvalue weighted by Crippen LogP contribution is -2.34. The maximum Gasteiger partial charge on any atom is 0.228 e. The van der Waals surface area contributed by atoms with Gasteiger partial charge in [0.1, 0.15) is 5.60 Å². The highest BCUT2D eigenvalue weighted by molar-refractivity contribution is 5.00. The molecule has 0 saturated heterocycles. The van der Waals surface area contributed by atoms with Crippen LogP contribution in [0, 0.1) is 0 Å². The van der Waals surface area contributed by atoms with Gasteiger partial charge in [0.05, 0.1) is 0 Å². The number of hydrogen-bond donors (Lipinski definition) is 1. The molecule has 2 N–H and O–H groups in total. The fraction of sp³-hybridized carbons (Fsp3) is 0.818. The molecule has 0 aliphatic carbocycles. The number of nitrogens with zero attached hydrogens (tertiary/aromatic N) is 2. The van der Waals surface area contributed by atoms with Crippen LogP contribution in [0.4, 0.5) is 0 Å². The average molecular weight is 227 g/mol. The third-order valence-corrected chi connectivity index (χ3v) is 2.67. The molecule has 1 aromatic heterocycles.